The van der Waals surface area contributed by atoms with Gasteiger partial charge in [-0.3, -0.25) is 4.79 Å². The Morgan fingerprint density at radius 1 is 1.27 bits per heavy atom. The number of sulfone groups is 1. The number of hydrogen-bond donors (Lipinski definition) is 0. The van der Waals surface area contributed by atoms with Crippen LogP contribution in [-0.2, 0) is 14.6 Å². The Kier molecular flexibility index (Phi) is 5.85. The fourth-order valence-electron chi connectivity index (χ4n) is 3.08. The second kappa shape index (κ2) is 7.94. The van der Waals surface area contributed by atoms with Crippen LogP contribution in [0.15, 0.2) is 42.5 Å². The molecule has 1 aromatic carbocycles. The summed E-state index contributed by atoms with van der Waals surface area (Å²) in [5, 5.41) is 0.699. The molecule has 2 heterocycles. The van der Waals surface area contributed by atoms with E-state index in [2.05, 4.69) is 0 Å². The van der Waals surface area contributed by atoms with Gasteiger partial charge in [-0.25, -0.2) is 8.42 Å². The third-order valence-corrected chi connectivity index (χ3v) is 7.52. The van der Waals surface area contributed by atoms with Crippen LogP contribution in [0.4, 0.5) is 0 Å². The van der Waals surface area contributed by atoms with Gasteiger partial charge in [-0.2, -0.15) is 0 Å². The summed E-state index contributed by atoms with van der Waals surface area (Å²) < 4.78 is 23.3. The highest BCUT2D eigenvalue weighted by molar-refractivity contribution is 7.91. The van der Waals surface area contributed by atoms with E-state index in [9.17, 15) is 13.2 Å². The summed E-state index contributed by atoms with van der Waals surface area (Å²) in [6.07, 6.45) is 3.85. The number of rotatable bonds is 5. The summed E-state index contributed by atoms with van der Waals surface area (Å²) in [5.41, 5.74) is 1.08. The average Bonchev–Trinajstić information content (AvgIpc) is 3.21. The fraction of sp³-hybridized carbons (Fsp3) is 0.316. The summed E-state index contributed by atoms with van der Waals surface area (Å²) in [6, 6.07) is 11.4. The topological polar surface area (TPSA) is 54.5 Å². The predicted molar refractivity (Wildman–Crippen MR) is 108 cm³/mol. The number of amides is 1. The van der Waals surface area contributed by atoms with Gasteiger partial charge in [0.2, 0.25) is 5.91 Å². The Labute approximate surface area is 163 Å². The van der Waals surface area contributed by atoms with E-state index in [1.54, 1.807) is 22.3 Å². The summed E-state index contributed by atoms with van der Waals surface area (Å²) in [4.78, 5) is 16.2. The monoisotopic (exact) mass is 409 g/mol. The first kappa shape index (κ1) is 19.1. The smallest absolute Gasteiger partial charge is 0.246 e. The maximum atomic E-state index is 12.5. The first-order chi connectivity index (χ1) is 12.4. The van der Waals surface area contributed by atoms with Gasteiger partial charge in [-0.05, 0) is 49.2 Å². The summed E-state index contributed by atoms with van der Waals surface area (Å²) in [5.74, 6) is 0.0942. The molecule has 138 valence electrons. The molecule has 1 atom stereocenters. The largest absolute Gasteiger partial charge is 0.335 e. The number of carbonyl (C=O) groups excluding carboxylic acids is 1. The molecule has 26 heavy (non-hydrogen) atoms. The van der Waals surface area contributed by atoms with E-state index in [0.717, 1.165) is 15.3 Å². The maximum absolute atomic E-state index is 12.5. The lowest BCUT2D eigenvalue weighted by Crippen LogP contribution is -2.39. The Morgan fingerprint density at radius 2 is 2.00 bits per heavy atom. The van der Waals surface area contributed by atoms with Crippen LogP contribution in [0.2, 0.25) is 5.02 Å². The number of thiophene rings is 1. The molecule has 7 heteroatoms. The van der Waals surface area contributed by atoms with Crippen molar-refractivity contribution < 1.29 is 13.2 Å². The van der Waals surface area contributed by atoms with Gasteiger partial charge in [0, 0.05) is 33.4 Å². The molecule has 0 N–H and O–H groups in total. The van der Waals surface area contributed by atoms with Crippen molar-refractivity contribution in [3.05, 3.63) is 52.4 Å². The first-order valence-corrected chi connectivity index (χ1v) is 11.4. The Morgan fingerprint density at radius 3 is 2.62 bits per heavy atom. The van der Waals surface area contributed by atoms with Crippen LogP contribution in [0.1, 0.15) is 18.2 Å². The molecule has 1 aromatic heterocycles. The molecule has 1 fully saturated rings. The van der Waals surface area contributed by atoms with E-state index < -0.39 is 9.84 Å². The summed E-state index contributed by atoms with van der Waals surface area (Å²) in [7, 11) is -3.01. The van der Waals surface area contributed by atoms with Gasteiger partial charge in [0.05, 0.1) is 11.5 Å². The molecule has 0 aliphatic carbocycles. The van der Waals surface area contributed by atoms with Crippen molar-refractivity contribution in [1.82, 2.24) is 4.90 Å². The van der Waals surface area contributed by atoms with E-state index in [1.165, 1.54) is 6.08 Å². The van der Waals surface area contributed by atoms with Gasteiger partial charge in [-0.1, -0.05) is 23.7 Å². The van der Waals surface area contributed by atoms with Crippen LogP contribution in [0.3, 0.4) is 0 Å². The second-order valence-electron chi connectivity index (χ2n) is 6.22. The predicted octanol–water partition coefficient (Wildman–Crippen LogP) is 4.12. The molecule has 0 spiro atoms. The van der Waals surface area contributed by atoms with Crippen molar-refractivity contribution in [2.24, 2.45) is 0 Å². The molecule has 0 bridgehead atoms. The molecule has 4 nitrogen and oxygen atoms in total. The minimum atomic E-state index is -3.01. The van der Waals surface area contributed by atoms with Crippen molar-refractivity contribution in [2.75, 3.05) is 18.1 Å². The van der Waals surface area contributed by atoms with E-state index in [1.807, 2.05) is 43.3 Å². The van der Waals surface area contributed by atoms with Gasteiger partial charge in [-0.15, -0.1) is 11.3 Å². The van der Waals surface area contributed by atoms with Gasteiger partial charge in [0.15, 0.2) is 9.84 Å². The molecule has 0 radical (unpaired) electrons. The number of benzene rings is 1. The fourth-order valence-corrected chi connectivity index (χ4v) is 5.85. The minimum absolute atomic E-state index is 0.0696. The molecule has 1 amide bonds. The normalized spacial score (nSPS) is 19.1. The van der Waals surface area contributed by atoms with Crippen molar-refractivity contribution in [1.29, 1.82) is 0 Å². The van der Waals surface area contributed by atoms with Crippen LogP contribution in [0.25, 0.3) is 16.5 Å². The van der Waals surface area contributed by atoms with Crippen LogP contribution in [0.5, 0.6) is 0 Å². The van der Waals surface area contributed by atoms with Gasteiger partial charge >= 0.3 is 0 Å². The van der Waals surface area contributed by atoms with E-state index >= 15 is 0 Å². The highest BCUT2D eigenvalue weighted by Gasteiger charge is 2.33. The van der Waals surface area contributed by atoms with Crippen LogP contribution in [0, 0.1) is 0 Å². The maximum Gasteiger partial charge on any atom is 0.246 e. The molecule has 1 unspecified atom stereocenters. The molecule has 1 aliphatic rings. The van der Waals surface area contributed by atoms with Crippen molar-refractivity contribution >= 4 is 44.8 Å². The lowest BCUT2D eigenvalue weighted by atomic mass is 10.2. The van der Waals surface area contributed by atoms with E-state index in [-0.39, 0.29) is 23.5 Å². The highest BCUT2D eigenvalue weighted by atomic mass is 35.5. The van der Waals surface area contributed by atoms with E-state index in [4.69, 9.17) is 11.6 Å². The Hall–Kier alpha value is -1.63. The van der Waals surface area contributed by atoms with Gasteiger partial charge in [0.1, 0.15) is 0 Å². The molecule has 1 aliphatic heterocycles. The molecule has 0 saturated carbocycles. The number of carbonyl (C=O) groups is 1. The number of likely N-dealkylation sites (N-methyl/N-ethyl adjacent to an activating group) is 1. The minimum Gasteiger partial charge on any atom is -0.335 e. The third-order valence-electron chi connectivity index (χ3n) is 4.42. The first-order valence-electron chi connectivity index (χ1n) is 8.43. The number of nitrogens with zero attached hydrogens (tertiary/aromatic N) is 1. The van der Waals surface area contributed by atoms with Crippen molar-refractivity contribution in [2.45, 2.75) is 19.4 Å². The van der Waals surface area contributed by atoms with E-state index in [0.29, 0.717) is 18.0 Å². The Bertz CT molecular complexity index is 917. The molecular formula is C19H20ClNO3S2. The number of hydrogen-bond acceptors (Lipinski definition) is 4. The molecule has 2 aromatic rings. The Balaban J connectivity index is 1.69. The van der Waals surface area contributed by atoms with Crippen LogP contribution >= 0.6 is 22.9 Å². The highest BCUT2D eigenvalue weighted by Crippen LogP contribution is 2.29. The van der Waals surface area contributed by atoms with Crippen molar-refractivity contribution in [3.8, 4) is 10.4 Å². The summed E-state index contributed by atoms with van der Waals surface area (Å²) in [6.45, 7) is 2.38. The zero-order valence-electron chi connectivity index (χ0n) is 14.4. The number of halogens is 1. The van der Waals surface area contributed by atoms with Crippen LogP contribution in [-0.4, -0.2) is 43.3 Å². The second-order valence-corrected chi connectivity index (χ2v) is 10.0. The quantitative estimate of drug-likeness (QED) is 0.698. The van der Waals surface area contributed by atoms with Crippen LogP contribution < -0.4 is 0 Å². The zero-order valence-corrected chi connectivity index (χ0v) is 16.8. The van der Waals surface area contributed by atoms with Crippen molar-refractivity contribution in [3.63, 3.8) is 0 Å². The molecule has 3 rings (SSSR count). The molecular weight excluding hydrogens is 390 g/mol. The van der Waals surface area contributed by atoms with Gasteiger partial charge < -0.3 is 4.90 Å². The third kappa shape index (κ3) is 4.55. The lowest BCUT2D eigenvalue weighted by Gasteiger charge is -2.25. The standard InChI is InChI=1S/C19H20ClNO3S2/c1-2-21(16-11-12-26(23,24)13-16)19(22)10-8-17-7-9-18(25-17)14-3-5-15(20)6-4-14/h3-10,16H,2,11-13H2,1H3. The SMILES string of the molecule is CCN(C(=O)C=Cc1ccc(-c2ccc(Cl)cc2)s1)C1CCS(=O)(=O)C1. The van der Waals surface area contributed by atoms with Gasteiger partial charge in [0.25, 0.3) is 0 Å². The average molecular weight is 410 g/mol. The summed E-state index contributed by atoms with van der Waals surface area (Å²) >= 11 is 7.50. The zero-order chi connectivity index (χ0) is 18.7. The lowest BCUT2D eigenvalue weighted by molar-refractivity contribution is -0.127. The molecule has 1 saturated heterocycles.